The average molecular weight is 322 g/mol. The molecule has 0 aliphatic rings. The summed E-state index contributed by atoms with van der Waals surface area (Å²) in [6, 6.07) is 5.73. The average Bonchev–Trinajstić information content (AvgIpc) is 2.51. The predicted octanol–water partition coefficient (Wildman–Crippen LogP) is 1.72. The predicted molar refractivity (Wildman–Crippen MR) is 84.3 cm³/mol. The molecule has 0 aromatic heterocycles. The second kappa shape index (κ2) is 9.45. The van der Waals surface area contributed by atoms with Crippen LogP contribution < -0.4 is 15.4 Å². The highest BCUT2D eigenvalue weighted by molar-refractivity contribution is 5.95. The minimum atomic E-state index is -0.576. The Morgan fingerprint density at radius 2 is 1.96 bits per heavy atom. The Bertz CT molecular complexity index is 557. The van der Waals surface area contributed by atoms with Gasteiger partial charge in [0.1, 0.15) is 5.75 Å². The molecule has 0 aliphatic heterocycles. The Balaban J connectivity index is 2.45. The summed E-state index contributed by atoms with van der Waals surface area (Å²) < 4.78 is 10.1. The number of hydrogen-bond acceptors (Lipinski definition) is 5. The molecule has 0 saturated heterocycles. The van der Waals surface area contributed by atoms with Gasteiger partial charge in [-0.05, 0) is 31.0 Å². The second-order valence-electron chi connectivity index (χ2n) is 5.19. The lowest BCUT2D eigenvalue weighted by molar-refractivity contribution is -0.122. The molecule has 0 aliphatic carbocycles. The number of ether oxygens (including phenoxy) is 2. The SMILES string of the molecule is CCOC(=O)c1cccc(OCC(=O)NC(=O)NCC(C)C)c1. The summed E-state index contributed by atoms with van der Waals surface area (Å²) >= 11 is 0. The summed E-state index contributed by atoms with van der Waals surface area (Å²) in [5, 5.41) is 4.72. The fraction of sp³-hybridized carbons (Fsp3) is 0.438. The van der Waals surface area contributed by atoms with Crippen molar-refractivity contribution in [2.45, 2.75) is 20.8 Å². The Hall–Kier alpha value is -2.57. The van der Waals surface area contributed by atoms with E-state index >= 15 is 0 Å². The van der Waals surface area contributed by atoms with Gasteiger partial charge in [0.05, 0.1) is 12.2 Å². The molecule has 23 heavy (non-hydrogen) atoms. The van der Waals surface area contributed by atoms with Gasteiger partial charge in [-0.3, -0.25) is 10.1 Å². The monoisotopic (exact) mass is 322 g/mol. The molecule has 0 fully saturated rings. The number of rotatable bonds is 7. The van der Waals surface area contributed by atoms with Crippen LogP contribution in [0.15, 0.2) is 24.3 Å². The lowest BCUT2D eigenvalue weighted by Crippen LogP contribution is -2.42. The smallest absolute Gasteiger partial charge is 0.338 e. The number of amides is 3. The van der Waals surface area contributed by atoms with Crippen LogP contribution in [0.3, 0.4) is 0 Å². The largest absolute Gasteiger partial charge is 0.484 e. The van der Waals surface area contributed by atoms with E-state index < -0.39 is 17.9 Å². The van der Waals surface area contributed by atoms with Crippen molar-refractivity contribution in [3.63, 3.8) is 0 Å². The number of hydrogen-bond donors (Lipinski definition) is 2. The van der Waals surface area contributed by atoms with Crippen LogP contribution in [0.2, 0.25) is 0 Å². The Morgan fingerprint density at radius 3 is 2.61 bits per heavy atom. The minimum absolute atomic E-state index is 0.276. The number of imide groups is 1. The van der Waals surface area contributed by atoms with E-state index in [0.717, 1.165) is 0 Å². The fourth-order valence-electron chi connectivity index (χ4n) is 1.58. The third-order valence-corrected chi connectivity index (χ3v) is 2.64. The molecule has 7 nitrogen and oxygen atoms in total. The van der Waals surface area contributed by atoms with Crippen LogP contribution in [-0.4, -0.2) is 37.7 Å². The van der Waals surface area contributed by atoms with E-state index in [1.807, 2.05) is 13.8 Å². The highest BCUT2D eigenvalue weighted by atomic mass is 16.5. The highest BCUT2D eigenvalue weighted by Gasteiger charge is 2.10. The van der Waals surface area contributed by atoms with Gasteiger partial charge in [-0.25, -0.2) is 9.59 Å². The van der Waals surface area contributed by atoms with Crippen molar-refractivity contribution < 1.29 is 23.9 Å². The van der Waals surface area contributed by atoms with Crippen molar-refractivity contribution >= 4 is 17.9 Å². The molecule has 0 saturated carbocycles. The fourth-order valence-corrected chi connectivity index (χ4v) is 1.58. The van der Waals surface area contributed by atoms with Crippen molar-refractivity contribution in [2.24, 2.45) is 5.92 Å². The van der Waals surface area contributed by atoms with Crippen LogP contribution in [0.25, 0.3) is 0 Å². The Labute approximate surface area is 135 Å². The summed E-state index contributed by atoms with van der Waals surface area (Å²) in [4.78, 5) is 34.6. The molecule has 0 radical (unpaired) electrons. The first-order chi connectivity index (χ1) is 10.9. The molecule has 0 bridgehead atoms. The van der Waals surface area contributed by atoms with Crippen LogP contribution in [0, 0.1) is 5.92 Å². The molecule has 7 heteroatoms. The van der Waals surface area contributed by atoms with E-state index in [1.54, 1.807) is 25.1 Å². The van der Waals surface area contributed by atoms with Crippen molar-refractivity contribution in [1.29, 1.82) is 0 Å². The van der Waals surface area contributed by atoms with Crippen molar-refractivity contribution in [3.8, 4) is 5.75 Å². The summed E-state index contributed by atoms with van der Waals surface area (Å²) in [6.07, 6.45) is 0. The number of urea groups is 1. The van der Waals surface area contributed by atoms with Crippen LogP contribution >= 0.6 is 0 Å². The zero-order valence-corrected chi connectivity index (χ0v) is 13.5. The van der Waals surface area contributed by atoms with Crippen molar-refractivity contribution in [1.82, 2.24) is 10.6 Å². The number of carbonyl (C=O) groups is 3. The summed E-state index contributed by atoms with van der Waals surface area (Å²) in [5.74, 6) is -0.408. The standard InChI is InChI=1S/C16H22N2O5/c1-4-22-15(20)12-6-5-7-13(8-12)23-10-14(19)18-16(21)17-9-11(2)3/h5-8,11H,4,9-10H2,1-3H3,(H2,17,18,19,21). The van der Waals surface area contributed by atoms with Crippen LogP contribution in [0.4, 0.5) is 4.79 Å². The van der Waals surface area contributed by atoms with Gasteiger partial charge < -0.3 is 14.8 Å². The van der Waals surface area contributed by atoms with Gasteiger partial charge >= 0.3 is 12.0 Å². The molecule has 1 aromatic rings. The van der Waals surface area contributed by atoms with Gasteiger partial charge in [-0.2, -0.15) is 0 Å². The number of carbonyl (C=O) groups excluding carboxylic acids is 3. The van der Waals surface area contributed by atoms with Gasteiger partial charge in [0.25, 0.3) is 5.91 Å². The highest BCUT2D eigenvalue weighted by Crippen LogP contribution is 2.14. The third kappa shape index (κ3) is 7.30. The lowest BCUT2D eigenvalue weighted by atomic mass is 10.2. The van der Waals surface area contributed by atoms with Gasteiger partial charge in [0.2, 0.25) is 0 Å². The molecule has 1 aromatic carbocycles. The maximum atomic E-state index is 11.6. The van der Waals surface area contributed by atoms with Gasteiger partial charge in [0, 0.05) is 6.54 Å². The van der Waals surface area contributed by atoms with Crippen LogP contribution in [0.1, 0.15) is 31.1 Å². The molecule has 126 valence electrons. The lowest BCUT2D eigenvalue weighted by Gasteiger charge is -2.10. The van der Waals surface area contributed by atoms with E-state index in [9.17, 15) is 14.4 Å². The molecule has 0 heterocycles. The molecule has 0 unspecified atom stereocenters. The zero-order chi connectivity index (χ0) is 17.2. The maximum absolute atomic E-state index is 11.6. The molecular weight excluding hydrogens is 300 g/mol. The number of esters is 1. The Kier molecular flexibility index (Phi) is 7.59. The summed E-state index contributed by atoms with van der Waals surface area (Å²) in [5.41, 5.74) is 0.333. The maximum Gasteiger partial charge on any atom is 0.338 e. The quantitative estimate of drug-likeness (QED) is 0.746. The van der Waals surface area contributed by atoms with Gasteiger partial charge in [-0.15, -0.1) is 0 Å². The zero-order valence-electron chi connectivity index (χ0n) is 13.5. The summed E-state index contributed by atoms with van der Waals surface area (Å²) in [6.45, 7) is 6.02. The number of benzene rings is 1. The van der Waals surface area contributed by atoms with Gasteiger partial charge in [0.15, 0.2) is 6.61 Å². The van der Waals surface area contributed by atoms with Crippen LogP contribution in [0.5, 0.6) is 5.75 Å². The Morgan fingerprint density at radius 1 is 1.22 bits per heavy atom. The number of nitrogens with one attached hydrogen (secondary N) is 2. The van der Waals surface area contributed by atoms with E-state index in [0.29, 0.717) is 17.9 Å². The van der Waals surface area contributed by atoms with E-state index in [-0.39, 0.29) is 19.1 Å². The van der Waals surface area contributed by atoms with E-state index in [2.05, 4.69) is 10.6 Å². The second-order valence-corrected chi connectivity index (χ2v) is 5.19. The topological polar surface area (TPSA) is 93.7 Å². The first kappa shape index (κ1) is 18.5. The van der Waals surface area contributed by atoms with Crippen molar-refractivity contribution in [3.05, 3.63) is 29.8 Å². The third-order valence-electron chi connectivity index (χ3n) is 2.64. The molecule has 0 spiro atoms. The molecule has 2 N–H and O–H groups in total. The van der Waals surface area contributed by atoms with E-state index in [1.165, 1.54) is 6.07 Å². The molecule has 1 rings (SSSR count). The molecule has 3 amide bonds. The van der Waals surface area contributed by atoms with Gasteiger partial charge in [-0.1, -0.05) is 19.9 Å². The minimum Gasteiger partial charge on any atom is -0.484 e. The molecule has 0 atom stereocenters. The first-order valence-corrected chi connectivity index (χ1v) is 7.40. The normalized spacial score (nSPS) is 10.1. The van der Waals surface area contributed by atoms with Crippen molar-refractivity contribution in [2.75, 3.05) is 19.8 Å². The van der Waals surface area contributed by atoms with Crippen LogP contribution in [-0.2, 0) is 9.53 Å². The first-order valence-electron chi connectivity index (χ1n) is 7.40. The molecular formula is C16H22N2O5. The van der Waals surface area contributed by atoms with E-state index in [4.69, 9.17) is 9.47 Å². The summed E-state index contributed by atoms with van der Waals surface area (Å²) in [7, 11) is 0.